The maximum atomic E-state index is 10.4. The van der Waals surface area contributed by atoms with E-state index in [4.69, 9.17) is 14.0 Å². The Morgan fingerprint density at radius 2 is 1.54 bits per heavy atom. The molecule has 0 saturated carbocycles. The minimum absolute atomic E-state index is 0.0741. The first-order chi connectivity index (χ1) is 6.02. The summed E-state index contributed by atoms with van der Waals surface area (Å²) in [6, 6.07) is 7.42. The summed E-state index contributed by atoms with van der Waals surface area (Å²) >= 11 is 0. The standard InChI is InChI=1S/C6H6O3S.HO2P/c7-10(8,9)6-4-2-1-3-5-6;1-3-2/h1-5H,(H,7,8,9);(H,1,2). The summed E-state index contributed by atoms with van der Waals surface area (Å²) in [5.41, 5.74) is 0. The molecule has 0 spiro atoms. The fourth-order valence-corrected chi connectivity index (χ4v) is 1.09. The molecule has 0 amide bonds. The quantitative estimate of drug-likeness (QED) is 0.548. The van der Waals surface area contributed by atoms with Gasteiger partial charge < -0.3 is 4.89 Å². The lowest BCUT2D eigenvalue weighted by atomic mass is 10.4. The molecule has 2 N–H and O–H groups in total. The van der Waals surface area contributed by atoms with E-state index in [1.54, 1.807) is 18.2 Å². The lowest BCUT2D eigenvalue weighted by Gasteiger charge is -1.92. The van der Waals surface area contributed by atoms with Crippen LogP contribution in [0.2, 0.25) is 0 Å². The van der Waals surface area contributed by atoms with Gasteiger partial charge in [-0.15, -0.1) is 0 Å². The van der Waals surface area contributed by atoms with E-state index in [1.807, 2.05) is 0 Å². The van der Waals surface area contributed by atoms with Gasteiger partial charge in [0.05, 0.1) is 4.90 Å². The molecule has 0 atom stereocenters. The van der Waals surface area contributed by atoms with Crippen molar-refractivity contribution in [2.75, 3.05) is 0 Å². The molecule has 0 saturated heterocycles. The summed E-state index contributed by atoms with van der Waals surface area (Å²) in [4.78, 5) is 6.91. The molecule has 0 heterocycles. The monoisotopic (exact) mass is 222 g/mol. The molecule has 72 valence electrons. The van der Waals surface area contributed by atoms with Crippen LogP contribution in [0.3, 0.4) is 0 Å². The highest BCUT2D eigenvalue weighted by atomic mass is 32.2. The number of hydrogen-bond donors (Lipinski definition) is 2. The van der Waals surface area contributed by atoms with Crippen LogP contribution >= 0.6 is 8.69 Å². The zero-order valence-corrected chi connectivity index (χ0v) is 8.07. The van der Waals surface area contributed by atoms with E-state index in [0.29, 0.717) is 0 Å². The molecule has 7 heteroatoms. The molecule has 13 heavy (non-hydrogen) atoms. The normalized spacial score (nSPS) is 10.3. The smallest absolute Gasteiger partial charge is 0.310 e. The van der Waals surface area contributed by atoms with Crippen LogP contribution in [-0.2, 0) is 14.7 Å². The van der Waals surface area contributed by atoms with Gasteiger partial charge in [0, 0.05) is 0 Å². The van der Waals surface area contributed by atoms with Crippen molar-refractivity contribution in [3.8, 4) is 0 Å². The third-order valence-corrected chi connectivity index (χ3v) is 1.91. The summed E-state index contributed by atoms with van der Waals surface area (Å²) in [6.07, 6.45) is 0. The highest BCUT2D eigenvalue weighted by Gasteiger charge is 2.05. The maximum Gasteiger partial charge on any atom is 0.324 e. The van der Waals surface area contributed by atoms with Crippen LogP contribution in [0.25, 0.3) is 0 Å². The van der Waals surface area contributed by atoms with Gasteiger partial charge in [0.15, 0.2) is 0 Å². The van der Waals surface area contributed by atoms with E-state index in [-0.39, 0.29) is 4.90 Å². The van der Waals surface area contributed by atoms with Gasteiger partial charge >= 0.3 is 8.69 Å². The molecule has 1 aromatic carbocycles. The Labute approximate surface area is 77.1 Å². The molecule has 1 rings (SSSR count). The van der Waals surface area contributed by atoms with Crippen molar-refractivity contribution in [2.24, 2.45) is 0 Å². The van der Waals surface area contributed by atoms with E-state index < -0.39 is 18.8 Å². The number of hydrogen-bond acceptors (Lipinski definition) is 3. The van der Waals surface area contributed by atoms with E-state index in [0.717, 1.165) is 0 Å². The van der Waals surface area contributed by atoms with Crippen LogP contribution in [0.4, 0.5) is 0 Å². The van der Waals surface area contributed by atoms with Crippen molar-refractivity contribution < 1.29 is 22.4 Å². The summed E-state index contributed by atoms with van der Waals surface area (Å²) < 4.78 is 37.7. The Kier molecular flexibility index (Phi) is 5.41. The molecule has 0 aromatic heterocycles. The molecule has 0 aliphatic heterocycles. The molecular formula is C6H7O5PS. The highest BCUT2D eigenvalue weighted by molar-refractivity contribution is 7.85. The third-order valence-electron chi connectivity index (χ3n) is 1.04. The first-order valence-corrected chi connectivity index (χ1v) is 5.22. The number of benzene rings is 1. The van der Waals surface area contributed by atoms with Gasteiger partial charge in [-0.25, -0.2) is 4.57 Å². The second kappa shape index (κ2) is 5.77. The number of rotatable bonds is 1. The van der Waals surface area contributed by atoms with Crippen molar-refractivity contribution in [1.82, 2.24) is 0 Å². The fourth-order valence-electron chi connectivity index (χ4n) is 0.592. The third kappa shape index (κ3) is 5.43. The van der Waals surface area contributed by atoms with Gasteiger partial charge in [-0.1, -0.05) is 18.2 Å². The van der Waals surface area contributed by atoms with Crippen molar-refractivity contribution in [2.45, 2.75) is 4.90 Å². The Bertz CT molecular complexity index is 347. The lowest BCUT2D eigenvalue weighted by Crippen LogP contribution is -1.96. The van der Waals surface area contributed by atoms with Crippen LogP contribution in [0.15, 0.2) is 35.2 Å². The maximum absolute atomic E-state index is 10.4. The molecule has 0 unspecified atom stereocenters. The fraction of sp³-hybridized carbons (Fsp3) is 0. The van der Waals surface area contributed by atoms with Crippen LogP contribution in [0.5, 0.6) is 0 Å². The summed E-state index contributed by atoms with van der Waals surface area (Å²) in [6.45, 7) is 0. The predicted molar refractivity (Wildman–Crippen MR) is 46.1 cm³/mol. The van der Waals surface area contributed by atoms with Gasteiger partial charge in [-0.3, -0.25) is 4.55 Å². The van der Waals surface area contributed by atoms with Gasteiger partial charge in [-0.05, 0) is 12.1 Å². The molecule has 0 aliphatic rings. The average molecular weight is 222 g/mol. The molecule has 0 bridgehead atoms. The van der Waals surface area contributed by atoms with Crippen LogP contribution < -0.4 is 0 Å². The molecule has 0 aliphatic carbocycles. The first-order valence-electron chi connectivity index (χ1n) is 3.01. The minimum atomic E-state index is -4.00. The first kappa shape index (κ1) is 12.2. The zero-order valence-electron chi connectivity index (χ0n) is 6.36. The minimum Gasteiger partial charge on any atom is -0.310 e. The van der Waals surface area contributed by atoms with E-state index in [2.05, 4.69) is 0 Å². The van der Waals surface area contributed by atoms with E-state index in [9.17, 15) is 8.42 Å². The summed E-state index contributed by atoms with van der Waals surface area (Å²) in [7, 11) is -4.84. The van der Waals surface area contributed by atoms with Crippen molar-refractivity contribution >= 4 is 18.8 Å². The molecule has 1 aromatic rings. The second-order valence-electron chi connectivity index (χ2n) is 1.87. The average Bonchev–Trinajstić information content (AvgIpc) is 2.06. The zero-order chi connectivity index (χ0) is 10.3. The van der Waals surface area contributed by atoms with Crippen molar-refractivity contribution in [3.05, 3.63) is 30.3 Å². The van der Waals surface area contributed by atoms with Gasteiger partial charge in [0.25, 0.3) is 10.1 Å². The van der Waals surface area contributed by atoms with Gasteiger partial charge in [0.2, 0.25) is 0 Å². The van der Waals surface area contributed by atoms with Crippen LogP contribution in [0, 0.1) is 0 Å². The predicted octanol–water partition coefficient (Wildman–Crippen LogP) is 1.12. The second-order valence-corrected chi connectivity index (χ2v) is 3.45. The van der Waals surface area contributed by atoms with Crippen LogP contribution in [0.1, 0.15) is 0 Å². The SMILES string of the molecule is O=PO.O=S(=O)(O)c1ccccc1. The Balaban J connectivity index is 0.000000424. The molecular weight excluding hydrogens is 215 g/mol. The largest absolute Gasteiger partial charge is 0.324 e. The Morgan fingerprint density at radius 3 is 1.77 bits per heavy atom. The summed E-state index contributed by atoms with van der Waals surface area (Å²) in [5.74, 6) is 0. The van der Waals surface area contributed by atoms with Crippen LogP contribution in [-0.4, -0.2) is 17.9 Å². The van der Waals surface area contributed by atoms with Gasteiger partial charge in [-0.2, -0.15) is 8.42 Å². The topological polar surface area (TPSA) is 91.7 Å². The molecule has 0 radical (unpaired) electrons. The van der Waals surface area contributed by atoms with E-state index >= 15 is 0 Å². The Morgan fingerprint density at radius 1 is 1.15 bits per heavy atom. The summed E-state index contributed by atoms with van der Waals surface area (Å²) in [5, 5.41) is 0. The van der Waals surface area contributed by atoms with Gasteiger partial charge in [0.1, 0.15) is 0 Å². The Hall–Kier alpha value is -0.810. The van der Waals surface area contributed by atoms with E-state index in [1.165, 1.54) is 12.1 Å². The molecule has 5 nitrogen and oxygen atoms in total. The van der Waals surface area contributed by atoms with Crippen molar-refractivity contribution in [3.63, 3.8) is 0 Å². The molecule has 0 fully saturated rings. The lowest BCUT2D eigenvalue weighted by molar-refractivity contribution is 0.483. The highest BCUT2D eigenvalue weighted by Crippen LogP contribution is 2.05. The van der Waals surface area contributed by atoms with Crippen molar-refractivity contribution in [1.29, 1.82) is 0 Å².